The number of methoxy groups -OCH3 is 1. The second kappa shape index (κ2) is 8.74. The molecule has 4 aromatic rings. The largest absolute Gasteiger partial charge is 0.467 e. The molecular formula is C23H21N3O5. The second-order valence-electron chi connectivity index (χ2n) is 6.94. The number of benzene rings is 1. The molecule has 2 N–H and O–H groups in total. The highest BCUT2D eigenvalue weighted by atomic mass is 16.5. The van der Waals surface area contributed by atoms with Gasteiger partial charge in [-0.05, 0) is 29.8 Å². The molecule has 0 unspecified atom stereocenters. The predicted molar refractivity (Wildman–Crippen MR) is 113 cm³/mol. The number of furan rings is 2. The van der Waals surface area contributed by atoms with Crippen molar-refractivity contribution in [2.45, 2.75) is 19.4 Å². The molecule has 1 amide bonds. The summed E-state index contributed by atoms with van der Waals surface area (Å²) in [7, 11) is 1.30. The number of H-pyrrole nitrogens is 1. The third kappa shape index (κ3) is 4.42. The van der Waals surface area contributed by atoms with E-state index in [1.54, 1.807) is 18.6 Å². The maximum absolute atomic E-state index is 11.9. The molecule has 3 heterocycles. The number of nitrogens with zero attached hydrogens (tertiary/aromatic N) is 1. The number of amides is 1. The molecule has 4 rings (SSSR count). The van der Waals surface area contributed by atoms with Gasteiger partial charge < -0.3 is 23.9 Å². The summed E-state index contributed by atoms with van der Waals surface area (Å²) < 4.78 is 15.9. The van der Waals surface area contributed by atoms with Crippen molar-refractivity contribution in [1.82, 2.24) is 15.3 Å². The van der Waals surface area contributed by atoms with Gasteiger partial charge in [0, 0.05) is 18.9 Å². The zero-order valence-electron chi connectivity index (χ0n) is 17.0. The highest BCUT2D eigenvalue weighted by Crippen LogP contribution is 2.33. The Labute approximate surface area is 178 Å². The van der Waals surface area contributed by atoms with Crippen LogP contribution in [-0.2, 0) is 20.7 Å². The molecule has 0 aliphatic carbocycles. The van der Waals surface area contributed by atoms with Crippen LogP contribution >= 0.6 is 0 Å². The van der Waals surface area contributed by atoms with Gasteiger partial charge in [0.15, 0.2) is 11.5 Å². The summed E-state index contributed by atoms with van der Waals surface area (Å²) in [6.45, 7) is 1.36. The number of aromatic nitrogens is 2. The van der Waals surface area contributed by atoms with Crippen molar-refractivity contribution in [3.05, 3.63) is 66.6 Å². The second-order valence-corrected chi connectivity index (χ2v) is 6.94. The third-order valence-corrected chi connectivity index (χ3v) is 4.76. The van der Waals surface area contributed by atoms with Gasteiger partial charge >= 0.3 is 5.97 Å². The Balaban J connectivity index is 1.61. The number of carbonyl (C=O) groups excluding carboxylic acids is 2. The van der Waals surface area contributed by atoms with Gasteiger partial charge in [-0.2, -0.15) is 0 Å². The Bertz CT molecular complexity index is 1110. The van der Waals surface area contributed by atoms with Gasteiger partial charge in [0.2, 0.25) is 5.91 Å². The lowest BCUT2D eigenvalue weighted by Crippen LogP contribution is -2.41. The summed E-state index contributed by atoms with van der Waals surface area (Å²) >= 11 is 0. The number of aromatic amines is 1. The van der Waals surface area contributed by atoms with Crippen LogP contribution in [0.25, 0.3) is 34.3 Å². The van der Waals surface area contributed by atoms with Gasteiger partial charge in [0.1, 0.15) is 23.3 Å². The third-order valence-electron chi connectivity index (χ3n) is 4.76. The molecule has 0 fully saturated rings. The lowest BCUT2D eigenvalue weighted by atomic mass is 10.0. The number of hydrogen-bond acceptors (Lipinski definition) is 6. The van der Waals surface area contributed by atoms with Gasteiger partial charge in [-0.25, -0.2) is 9.78 Å². The molecule has 0 spiro atoms. The van der Waals surface area contributed by atoms with E-state index in [0.29, 0.717) is 29.5 Å². The Morgan fingerprint density at radius 2 is 1.74 bits per heavy atom. The van der Waals surface area contributed by atoms with E-state index in [2.05, 4.69) is 10.3 Å². The minimum atomic E-state index is -0.743. The number of nitrogens with one attached hydrogen (secondary N) is 2. The normalized spacial score (nSPS) is 11.8. The van der Waals surface area contributed by atoms with E-state index in [-0.39, 0.29) is 5.91 Å². The van der Waals surface area contributed by atoms with Crippen LogP contribution < -0.4 is 5.32 Å². The summed E-state index contributed by atoms with van der Waals surface area (Å²) in [5, 5.41) is 2.61. The van der Waals surface area contributed by atoms with Gasteiger partial charge in [0.25, 0.3) is 0 Å². The van der Waals surface area contributed by atoms with Crippen LogP contribution in [0, 0.1) is 0 Å². The molecule has 1 atom stereocenters. The van der Waals surface area contributed by atoms with Gasteiger partial charge in [-0.15, -0.1) is 0 Å². The fraction of sp³-hybridized carbons (Fsp3) is 0.174. The first-order valence-electron chi connectivity index (χ1n) is 9.67. The molecule has 0 bridgehead atoms. The van der Waals surface area contributed by atoms with Crippen molar-refractivity contribution >= 4 is 11.9 Å². The van der Waals surface area contributed by atoms with Crippen LogP contribution in [0.5, 0.6) is 0 Å². The standard InChI is InChI=1S/C23H21N3O5/c1-14(27)24-17(23(28)29-2)13-15-7-9-16(10-8-15)22-25-20(18-5-3-11-30-18)21(26-22)19-6-4-12-31-19/h3-12,17H,13H2,1-2H3,(H,24,27)(H,25,26)/t17-/m0/s1. The van der Waals surface area contributed by atoms with Crippen molar-refractivity contribution in [3.63, 3.8) is 0 Å². The van der Waals surface area contributed by atoms with Crippen molar-refractivity contribution in [2.24, 2.45) is 0 Å². The Morgan fingerprint density at radius 3 is 2.32 bits per heavy atom. The maximum atomic E-state index is 11.9. The fourth-order valence-electron chi connectivity index (χ4n) is 3.32. The molecule has 3 aromatic heterocycles. The number of hydrogen-bond donors (Lipinski definition) is 2. The predicted octanol–water partition coefficient (Wildman–Crippen LogP) is 3.82. The first-order chi connectivity index (χ1) is 15.0. The van der Waals surface area contributed by atoms with E-state index in [1.165, 1.54) is 14.0 Å². The van der Waals surface area contributed by atoms with Crippen LogP contribution in [0.15, 0.2) is 69.9 Å². The van der Waals surface area contributed by atoms with Crippen LogP contribution in [0.1, 0.15) is 12.5 Å². The maximum Gasteiger partial charge on any atom is 0.328 e. The van der Waals surface area contributed by atoms with Crippen LogP contribution in [-0.4, -0.2) is 35.0 Å². The number of ether oxygens (including phenoxy) is 1. The summed E-state index contributed by atoms with van der Waals surface area (Å²) in [6.07, 6.45) is 3.51. The van der Waals surface area contributed by atoms with E-state index >= 15 is 0 Å². The number of esters is 1. The van der Waals surface area contributed by atoms with E-state index in [0.717, 1.165) is 16.8 Å². The van der Waals surface area contributed by atoms with Gasteiger partial charge in [-0.3, -0.25) is 4.79 Å². The molecule has 8 heteroatoms. The molecule has 0 saturated heterocycles. The quantitative estimate of drug-likeness (QED) is 0.441. The monoisotopic (exact) mass is 419 g/mol. The molecule has 8 nitrogen and oxygen atoms in total. The molecule has 0 aliphatic rings. The molecule has 0 radical (unpaired) electrons. The van der Waals surface area contributed by atoms with Crippen molar-refractivity contribution in [3.8, 4) is 34.3 Å². The summed E-state index contributed by atoms with van der Waals surface area (Å²) in [4.78, 5) is 31.3. The Hall–Kier alpha value is -4.07. The lowest BCUT2D eigenvalue weighted by Gasteiger charge is -2.15. The Kier molecular flexibility index (Phi) is 5.70. The molecule has 158 valence electrons. The lowest BCUT2D eigenvalue weighted by molar-refractivity contribution is -0.144. The highest BCUT2D eigenvalue weighted by Gasteiger charge is 2.21. The van der Waals surface area contributed by atoms with E-state index in [4.69, 9.17) is 18.6 Å². The molecule has 1 aromatic carbocycles. The van der Waals surface area contributed by atoms with E-state index < -0.39 is 12.0 Å². The van der Waals surface area contributed by atoms with Crippen molar-refractivity contribution in [1.29, 1.82) is 0 Å². The summed E-state index contributed by atoms with van der Waals surface area (Å²) in [6, 6.07) is 14.1. The van der Waals surface area contributed by atoms with Crippen LogP contribution in [0.3, 0.4) is 0 Å². The molecule has 0 aliphatic heterocycles. The van der Waals surface area contributed by atoms with E-state index in [9.17, 15) is 9.59 Å². The average molecular weight is 419 g/mol. The number of rotatable bonds is 7. The topological polar surface area (TPSA) is 110 Å². The highest BCUT2D eigenvalue weighted by molar-refractivity contribution is 5.83. The number of imidazole rings is 1. The van der Waals surface area contributed by atoms with Crippen molar-refractivity contribution < 1.29 is 23.2 Å². The molecule has 0 saturated carbocycles. The average Bonchev–Trinajstić information content (AvgIpc) is 3.53. The van der Waals surface area contributed by atoms with Gasteiger partial charge in [-0.1, -0.05) is 24.3 Å². The van der Waals surface area contributed by atoms with Crippen LogP contribution in [0.4, 0.5) is 0 Å². The molecular weight excluding hydrogens is 398 g/mol. The fourth-order valence-corrected chi connectivity index (χ4v) is 3.32. The SMILES string of the molecule is COC(=O)[C@H](Cc1ccc(-c2nc(-c3ccco3)c(-c3ccco3)[nH]2)cc1)NC(C)=O. The minimum Gasteiger partial charge on any atom is -0.467 e. The number of carbonyl (C=O) groups is 2. The summed E-state index contributed by atoms with van der Waals surface area (Å²) in [5.74, 6) is 1.14. The summed E-state index contributed by atoms with van der Waals surface area (Å²) in [5.41, 5.74) is 3.09. The smallest absolute Gasteiger partial charge is 0.328 e. The first kappa shape index (κ1) is 20.2. The first-order valence-corrected chi connectivity index (χ1v) is 9.67. The minimum absolute atomic E-state index is 0.293. The van der Waals surface area contributed by atoms with Gasteiger partial charge in [0.05, 0.1) is 19.6 Å². The molecule has 31 heavy (non-hydrogen) atoms. The zero-order chi connectivity index (χ0) is 21.8. The Morgan fingerprint density at radius 1 is 1.06 bits per heavy atom. The van der Waals surface area contributed by atoms with Crippen molar-refractivity contribution in [2.75, 3.05) is 7.11 Å². The van der Waals surface area contributed by atoms with E-state index in [1.807, 2.05) is 42.5 Å². The zero-order valence-corrected chi connectivity index (χ0v) is 17.0. The van der Waals surface area contributed by atoms with Crippen LogP contribution in [0.2, 0.25) is 0 Å².